The van der Waals surface area contributed by atoms with Crippen LogP contribution >= 0.6 is 0 Å². The molecule has 1 aliphatic rings. The number of hydrogen-bond donors (Lipinski definition) is 4. The topological polar surface area (TPSA) is 81.8 Å². The van der Waals surface area contributed by atoms with Gasteiger partial charge in [0.2, 0.25) is 0 Å². The van der Waals surface area contributed by atoms with Crippen LogP contribution in [0.15, 0.2) is 30.3 Å². The van der Waals surface area contributed by atoms with Gasteiger partial charge in [-0.1, -0.05) is 30.3 Å². The second-order valence-electron chi connectivity index (χ2n) is 4.75. The van der Waals surface area contributed by atoms with Crippen LogP contribution in [0.3, 0.4) is 0 Å². The van der Waals surface area contributed by atoms with E-state index in [1.165, 1.54) is 0 Å². The molecule has 0 saturated heterocycles. The molecule has 0 saturated carbocycles. The molecule has 2 amide bonds. The minimum absolute atomic E-state index is 0.242. The van der Waals surface area contributed by atoms with Crippen molar-refractivity contribution < 1.29 is 4.79 Å². The second kappa shape index (κ2) is 5.75. The maximum absolute atomic E-state index is 11.9. The summed E-state index contributed by atoms with van der Waals surface area (Å²) in [5, 5.41) is 16.0. The maximum Gasteiger partial charge on any atom is 0.320 e. The number of H-pyrrole nitrogens is 1. The number of urea groups is 1. The summed E-state index contributed by atoms with van der Waals surface area (Å²) in [4.78, 5) is 11.9. The molecule has 6 nitrogen and oxygen atoms in total. The Hall–Kier alpha value is -2.34. The summed E-state index contributed by atoms with van der Waals surface area (Å²) in [6.07, 6.45) is 0.912. The molecule has 104 valence electrons. The van der Waals surface area contributed by atoms with E-state index in [1.807, 2.05) is 30.3 Å². The number of nitrogens with zero attached hydrogens (tertiary/aromatic N) is 1. The first-order valence-electron chi connectivity index (χ1n) is 6.68. The van der Waals surface area contributed by atoms with Gasteiger partial charge in [-0.3, -0.25) is 10.4 Å². The smallest absolute Gasteiger partial charge is 0.320 e. The van der Waals surface area contributed by atoms with Gasteiger partial charge >= 0.3 is 6.03 Å². The largest absolute Gasteiger partial charge is 0.334 e. The van der Waals surface area contributed by atoms with Gasteiger partial charge in [0.15, 0.2) is 5.82 Å². The number of rotatable bonds is 3. The van der Waals surface area contributed by atoms with E-state index in [0.717, 1.165) is 36.3 Å². The van der Waals surface area contributed by atoms with Gasteiger partial charge in [-0.05, 0) is 5.56 Å². The third-order valence-corrected chi connectivity index (χ3v) is 3.33. The Balaban J connectivity index is 1.58. The van der Waals surface area contributed by atoms with Gasteiger partial charge < -0.3 is 10.6 Å². The van der Waals surface area contributed by atoms with Crippen LogP contribution in [-0.4, -0.2) is 22.8 Å². The van der Waals surface area contributed by atoms with Crippen LogP contribution in [0.1, 0.15) is 16.8 Å². The summed E-state index contributed by atoms with van der Waals surface area (Å²) in [5.74, 6) is 0.609. The number of aromatic amines is 1. The first-order chi connectivity index (χ1) is 9.83. The molecular formula is C14H17N5O. The van der Waals surface area contributed by atoms with Gasteiger partial charge in [0.25, 0.3) is 0 Å². The van der Waals surface area contributed by atoms with E-state index in [0.29, 0.717) is 12.4 Å². The SMILES string of the molecule is O=C(NCc1ccccc1)Nc1n[nH]c2c1CNCC2. The Bertz CT molecular complexity index is 593. The summed E-state index contributed by atoms with van der Waals surface area (Å²) in [5.41, 5.74) is 3.21. The van der Waals surface area contributed by atoms with Crippen LogP contribution in [0.5, 0.6) is 0 Å². The number of benzene rings is 1. The Morgan fingerprint density at radius 2 is 2.15 bits per heavy atom. The highest BCUT2D eigenvalue weighted by molar-refractivity contribution is 5.89. The molecule has 2 heterocycles. The second-order valence-corrected chi connectivity index (χ2v) is 4.75. The molecule has 0 atom stereocenters. The highest BCUT2D eigenvalue weighted by Gasteiger charge is 2.17. The van der Waals surface area contributed by atoms with Crippen molar-refractivity contribution in [1.82, 2.24) is 20.8 Å². The fourth-order valence-corrected chi connectivity index (χ4v) is 2.26. The number of hydrogen-bond acceptors (Lipinski definition) is 3. The molecule has 3 rings (SSSR count). The van der Waals surface area contributed by atoms with E-state index >= 15 is 0 Å². The van der Waals surface area contributed by atoms with Crippen LogP contribution < -0.4 is 16.0 Å². The lowest BCUT2D eigenvalue weighted by Crippen LogP contribution is -2.29. The number of carbonyl (C=O) groups excluding carboxylic acids is 1. The fourth-order valence-electron chi connectivity index (χ4n) is 2.26. The highest BCUT2D eigenvalue weighted by Crippen LogP contribution is 2.19. The van der Waals surface area contributed by atoms with Crippen LogP contribution in [0.25, 0.3) is 0 Å². The number of amides is 2. The lowest BCUT2D eigenvalue weighted by molar-refractivity contribution is 0.251. The molecule has 1 aromatic heterocycles. The molecule has 0 spiro atoms. The Morgan fingerprint density at radius 1 is 1.30 bits per heavy atom. The third-order valence-electron chi connectivity index (χ3n) is 3.33. The number of nitrogens with one attached hydrogen (secondary N) is 4. The average molecular weight is 271 g/mol. The molecule has 0 aliphatic carbocycles. The third kappa shape index (κ3) is 2.80. The molecule has 0 unspecified atom stereocenters. The Kier molecular flexibility index (Phi) is 3.64. The number of carbonyl (C=O) groups is 1. The number of anilines is 1. The summed E-state index contributed by atoms with van der Waals surface area (Å²) in [7, 11) is 0. The van der Waals surface area contributed by atoms with E-state index in [4.69, 9.17) is 0 Å². The monoisotopic (exact) mass is 271 g/mol. The van der Waals surface area contributed by atoms with Crippen molar-refractivity contribution in [2.75, 3.05) is 11.9 Å². The molecule has 1 aromatic carbocycles. The van der Waals surface area contributed by atoms with Crippen LogP contribution in [-0.2, 0) is 19.5 Å². The predicted octanol–water partition coefficient (Wildman–Crippen LogP) is 1.38. The summed E-state index contributed by atoms with van der Waals surface area (Å²) in [6.45, 7) is 2.17. The van der Waals surface area contributed by atoms with E-state index in [2.05, 4.69) is 26.1 Å². The first kappa shape index (κ1) is 12.7. The van der Waals surface area contributed by atoms with Crippen molar-refractivity contribution >= 4 is 11.8 Å². The Morgan fingerprint density at radius 3 is 3.00 bits per heavy atom. The van der Waals surface area contributed by atoms with Crippen molar-refractivity contribution in [1.29, 1.82) is 0 Å². The lowest BCUT2D eigenvalue weighted by Gasteiger charge is -2.13. The predicted molar refractivity (Wildman–Crippen MR) is 76.3 cm³/mol. The van der Waals surface area contributed by atoms with Crippen molar-refractivity contribution in [2.45, 2.75) is 19.5 Å². The zero-order chi connectivity index (χ0) is 13.8. The van der Waals surface area contributed by atoms with E-state index in [1.54, 1.807) is 0 Å². The number of aromatic nitrogens is 2. The normalized spacial score (nSPS) is 13.6. The standard InChI is InChI=1S/C14H17N5O/c20-14(16-8-10-4-2-1-3-5-10)17-13-11-9-15-7-6-12(11)18-19-13/h1-5,15H,6-9H2,(H3,16,17,18,19,20). The van der Waals surface area contributed by atoms with Gasteiger partial charge in [-0.2, -0.15) is 5.10 Å². The van der Waals surface area contributed by atoms with Crippen LogP contribution in [0, 0.1) is 0 Å². The van der Waals surface area contributed by atoms with Gasteiger partial charge in [0, 0.05) is 37.3 Å². The molecule has 0 bridgehead atoms. The summed E-state index contributed by atoms with van der Waals surface area (Å²) in [6, 6.07) is 9.55. The van der Waals surface area contributed by atoms with Crippen molar-refractivity contribution in [2.24, 2.45) is 0 Å². The molecule has 4 N–H and O–H groups in total. The molecular weight excluding hydrogens is 254 g/mol. The maximum atomic E-state index is 11.9. The lowest BCUT2D eigenvalue weighted by atomic mass is 10.1. The minimum Gasteiger partial charge on any atom is -0.334 e. The van der Waals surface area contributed by atoms with E-state index in [-0.39, 0.29) is 6.03 Å². The number of fused-ring (bicyclic) bond motifs is 1. The minimum atomic E-state index is -0.242. The van der Waals surface area contributed by atoms with Gasteiger partial charge in [0.05, 0.1) is 0 Å². The average Bonchev–Trinajstić information content (AvgIpc) is 2.90. The molecule has 20 heavy (non-hydrogen) atoms. The van der Waals surface area contributed by atoms with Crippen molar-refractivity contribution in [3.05, 3.63) is 47.2 Å². The highest BCUT2D eigenvalue weighted by atomic mass is 16.2. The molecule has 6 heteroatoms. The molecule has 0 fully saturated rings. The van der Waals surface area contributed by atoms with Crippen molar-refractivity contribution in [3.8, 4) is 0 Å². The van der Waals surface area contributed by atoms with Gasteiger partial charge in [-0.25, -0.2) is 4.79 Å². The zero-order valence-electron chi connectivity index (χ0n) is 11.1. The quantitative estimate of drug-likeness (QED) is 0.680. The molecule has 2 aromatic rings. The van der Waals surface area contributed by atoms with Crippen LogP contribution in [0.2, 0.25) is 0 Å². The van der Waals surface area contributed by atoms with Gasteiger partial charge in [0.1, 0.15) is 0 Å². The van der Waals surface area contributed by atoms with Crippen molar-refractivity contribution in [3.63, 3.8) is 0 Å². The molecule has 1 aliphatic heterocycles. The summed E-state index contributed by atoms with van der Waals surface area (Å²) >= 11 is 0. The Labute approximate surface area is 117 Å². The summed E-state index contributed by atoms with van der Waals surface area (Å²) < 4.78 is 0. The van der Waals surface area contributed by atoms with Gasteiger partial charge in [-0.15, -0.1) is 0 Å². The van der Waals surface area contributed by atoms with Crippen LogP contribution in [0.4, 0.5) is 10.6 Å². The first-order valence-corrected chi connectivity index (χ1v) is 6.68. The molecule has 0 radical (unpaired) electrons. The van der Waals surface area contributed by atoms with E-state index < -0.39 is 0 Å². The zero-order valence-corrected chi connectivity index (χ0v) is 11.1. The van der Waals surface area contributed by atoms with E-state index in [9.17, 15) is 4.79 Å². The fraction of sp³-hybridized carbons (Fsp3) is 0.286.